The van der Waals surface area contributed by atoms with Gasteiger partial charge in [0.2, 0.25) is 0 Å². The summed E-state index contributed by atoms with van der Waals surface area (Å²) in [5, 5.41) is 0. The minimum atomic E-state index is -0.157. The normalized spacial score (nSPS) is 45.2. The largest absolute Gasteiger partial charge is 0.469 e. The van der Waals surface area contributed by atoms with E-state index in [9.17, 15) is 14.4 Å². The average molecular weight is 403 g/mol. The predicted octanol–water partition coefficient (Wildman–Crippen LogP) is 4.98. The maximum absolute atomic E-state index is 13.6. The zero-order valence-corrected chi connectivity index (χ0v) is 18.7. The molecule has 0 saturated heterocycles. The summed E-state index contributed by atoms with van der Waals surface area (Å²) in [6.07, 6.45) is 9.34. The Morgan fingerprint density at radius 2 is 1.86 bits per heavy atom. The number of methoxy groups -OCH3 is 1. The Bertz CT molecular complexity index is 699. The number of carbonyl (C=O) groups excluding carboxylic acids is 3. The summed E-state index contributed by atoms with van der Waals surface area (Å²) in [5.41, 5.74) is -0.0643. The lowest BCUT2D eigenvalue weighted by atomic mass is 9.44. The van der Waals surface area contributed by atoms with Crippen molar-refractivity contribution in [3.05, 3.63) is 0 Å². The zero-order valence-electron chi connectivity index (χ0n) is 18.7. The molecule has 162 valence electrons. The van der Waals surface area contributed by atoms with Crippen LogP contribution < -0.4 is 0 Å². The molecule has 0 N–H and O–H groups in total. The van der Waals surface area contributed by atoms with E-state index >= 15 is 0 Å². The van der Waals surface area contributed by atoms with Gasteiger partial charge in [0.15, 0.2) is 0 Å². The van der Waals surface area contributed by atoms with Crippen LogP contribution in [0.5, 0.6) is 0 Å². The van der Waals surface area contributed by atoms with E-state index in [1.165, 1.54) is 20.0 Å². The average Bonchev–Trinajstić information content (AvgIpc) is 3.02. The third-order valence-electron chi connectivity index (χ3n) is 9.88. The van der Waals surface area contributed by atoms with Gasteiger partial charge in [-0.1, -0.05) is 33.6 Å². The summed E-state index contributed by atoms with van der Waals surface area (Å²) >= 11 is 0. The summed E-state index contributed by atoms with van der Waals surface area (Å²) in [6, 6.07) is 0. The molecule has 4 fully saturated rings. The van der Waals surface area contributed by atoms with Crippen LogP contribution in [-0.4, -0.2) is 24.6 Å². The number of hydrogen-bond donors (Lipinski definition) is 0. The summed E-state index contributed by atoms with van der Waals surface area (Å²) in [6.45, 7) is 6.83. The van der Waals surface area contributed by atoms with Crippen molar-refractivity contribution in [2.24, 2.45) is 46.3 Å². The van der Waals surface area contributed by atoms with Gasteiger partial charge in [-0.25, -0.2) is 0 Å². The molecule has 4 saturated carbocycles. The Morgan fingerprint density at radius 1 is 1.10 bits per heavy atom. The number of fused-ring (bicyclic) bond motifs is 5. The molecule has 0 aromatic rings. The van der Waals surface area contributed by atoms with E-state index in [1.54, 1.807) is 0 Å². The highest BCUT2D eigenvalue weighted by Gasteiger charge is 2.65. The number of hydrogen-bond acceptors (Lipinski definition) is 4. The van der Waals surface area contributed by atoms with Crippen LogP contribution in [0.15, 0.2) is 0 Å². The van der Waals surface area contributed by atoms with E-state index in [1.807, 2.05) is 0 Å². The molecule has 0 aromatic carbocycles. The predicted molar refractivity (Wildman–Crippen MR) is 111 cm³/mol. The Labute approximate surface area is 175 Å². The van der Waals surface area contributed by atoms with Crippen LogP contribution in [0.3, 0.4) is 0 Å². The van der Waals surface area contributed by atoms with Gasteiger partial charge in [-0.15, -0.1) is 0 Å². The van der Waals surface area contributed by atoms with Gasteiger partial charge < -0.3 is 4.74 Å². The Balaban J connectivity index is 1.60. The molecule has 0 radical (unpaired) electrons. The van der Waals surface area contributed by atoms with Crippen LogP contribution in [-0.2, 0) is 19.1 Å². The molecular weight excluding hydrogens is 364 g/mol. The molecule has 0 aliphatic heterocycles. The van der Waals surface area contributed by atoms with E-state index in [-0.39, 0.29) is 28.6 Å². The topological polar surface area (TPSA) is 60.4 Å². The van der Waals surface area contributed by atoms with Crippen LogP contribution in [0.4, 0.5) is 0 Å². The van der Waals surface area contributed by atoms with E-state index < -0.39 is 0 Å². The SMILES string of the molecule is COC(=O)CC[C@@H](C)C1CCC2C3C(=O)CC4CCCCC4(C)C3C(=O)CC21C. The third kappa shape index (κ3) is 3.20. The zero-order chi connectivity index (χ0) is 21.0. The van der Waals surface area contributed by atoms with Gasteiger partial charge in [-0.2, -0.15) is 0 Å². The Morgan fingerprint density at radius 3 is 2.59 bits per heavy atom. The fourth-order valence-electron chi connectivity index (χ4n) is 8.39. The minimum Gasteiger partial charge on any atom is -0.469 e. The van der Waals surface area contributed by atoms with Gasteiger partial charge in [0, 0.05) is 31.1 Å². The summed E-state index contributed by atoms with van der Waals surface area (Å²) in [5.74, 6) is 2.01. The maximum Gasteiger partial charge on any atom is 0.305 e. The van der Waals surface area contributed by atoms with Crippen LogP contribution in [0.1, 0.15) is 85.0 Å². The van der Waals surface area contributed by atoms with Crippen molar-refractivity contribution in [1.82, 2.24) is 0 Å². The monoisotopic (exact) mass is 402 g/mol. The molecule has 29 heavy (non-hydrogen) atoms. The number of esters is 1. The standard InChI is InChI=1S/C25H38O4/c1-15(8-11-21(28)29-4)17-9-10-18-22-19(26)13-16-7-5-6-12-24(16,2)23(22)20(27)14-25(17,18)3/h15-18,22-23H,5-14H2,1-4H3/t15-,16?,17?,18?,22?,23?,24?,25?/m1/s1. The number of ether oxygens (including phenoxy) is 1. The number of carbonyl (C=O) groups is 3. The molecule has 8 atom stereocenters. The summed E-state index contributed by atoms with van der Waals surface area (Å²) in [4.78, 5) is 38.6. The fraction of sp³-hybridized carbons (Fsp3) is 0.880. The molecular formula is C25H38O4. The molecule has 0 aromatic heterocycles. The number of rotatable bonds is 4. The van der Waals surface area contributed by atoms with Gasteiger partial charge in [-0.3, -0.25) is 14.4 Å². The molecule has 0 heterocycles. The number of ketones is 2. The van der Waals surface area contributed by atoms with Crippen LogP contribution in [0.25, 0.3) is 0 Å². The lowest BCUT2D eigenvalue weighted by molar-refractivity contribution is -0.168. The maximum atomic E-state index is 13.6. The highest BCUT2D eigenvalue weighted by atomic mass is 16.5. The lowest BCUT2D eigenvalue weighted by Crippen LogP contribution is -2.60. The molecule has 7 unspecified atom stereocenters. The van der Waals surface area contributed by atoms with Crippen molar-refractivity contribution in [2.45, 2.75) is 85.0 Å². The van der Waals surface area contributed by atoms with E-state index in [0.29, 0.717) is 54.5 Å². The summed E-state index contributed by atoms with van der Waals surface area (Å²) in [7, 11) is 1.44. The van der Waals surface area contributed by atoms with Gasteiger partial charge in [0.1, 0.15) is 11.6 Å². The molecule has 4 aliphatic carbocycles. The second kappa shape index (κ2) is 7.50. The smallest absolute Gasteiger partial charge is 0.305 e. The van der Waals surface area contributed by atoms with Crippen molar-refractivity contribution in [2.75, 3.05) is 7.11 Å². The highest BCUT2D eigenvalue weighted by Crippen LogP contribution is 2.66. The molecule has 0 spiro atoms. The first-order valence-corrected chi connectivity index (χ1v) is 11.8. The van der Waals surface area contributed by atoms with Gasteiger partial charge in [-0.05, 0) is 66.6 Å². The molecule has 4 nitrogen and oxygen atoms in total. The van der Waals surface area contributed by atoms with E-state index in [2.05, 4.69) is 20.8 Å². The quantitative estimate of drug-likeness (QED) is 0.622. The van der Waals surface area contributed by atoms with Gasteiger partial charge in [0.25, 0.3) is 0 Å². The van der Waals surface area contributed by atoms with Crippen LogP contribution in [0.2, 0.25) is 0 Å². The third-order valence-corrected chi connectivity index (χ3v) is 9.88. The Kier molecular flexibility index (Phi) is 5.44. The summed E-state index contributed by atoms with van der Waals surface area (Å²) < 4.78 is 4.82. The lowest BCUT2D eigenvalue weighted by Gasteiger charge is -2.58. The minimum absolute atomic E-state index is 0.0316. The van der Waals surface area contributed by atoms with Crippen molar-refractivity contribution in [3.8, 4) is 0 Å². The Hall–Kier alpha value is -1.19. The highest BCUT2D eigenvalue weighted by molar-refractivity contribution is 5.94. The molecule has 4 heteroatoms. The second-order valence-electron chi connectivity index (χ2n) is 11.2. The second-order valence-corrected chi connectivity index (χ2v) is 11.2. The fourth-order valence-corrected chi connectivity index (χ4v) is 8.39. The number of Topliss-reactive ketones (excluding diaryl/α,β-unsaturated/α-hetero) is 2. The molecule has 0 bridgehead atoms. The van der Waals surface area contributed by atoms with E-state index in [0.717, 1.165) is 32.1 Å². The van der Waals surface area contributed by atoms with E-state index in [4.69, 9.17) is 4.74 Å². The van der Waals surface area contributed by atoms with Crippen LogP contribution in [0, 0.1) is 46.3 Å². The van der Waals surface area contributed by atoms with Crippen molar-refractivity contribution in [1.29, 1.82) is 0 Å². The van der Waals surface area contributed by atoms with Crippen LogP contribution >= 0.6 is 0 Å². The first kappa shape index (κ1) is 21.1. The molecule has 4 aliphatic rings. The molecule has 0 amide bonds. The van der Waals surface area contributed by atoms with Gasteiger partial charge >= 0.3 is 5.97 Å². The molecule has 4 rings (SSSR count). The van der Waals surface area contributed by atoms with Crippen molar-refractivity contribution >= 4 is 17.5 Å². The van der Waals surface area contributed by atoms with Gasteiger partial charge in [0.05, 0.1) is 7.11 Å². The van der Waals surface area contributed by atoms with Crippen molar-refractivity contribution in [3.63, 3.8) is 0 Å². The first-order valence-electron chi connectivity index (χ1n) is 11.8. The first-order chi connectivity index (χ1) is 13.7. The van der Waals surface area contributed by atoms with Crippen molar-refractivity contribution < 1.29 is 19.1 Å².